The van der Waals surface area contributed by atoms with Crippen LogP contribution in [0.3, 0.4) is 0 Å². The Bertz CT molecular complexity index is 1030. The molecule has 4 rings (SSSR count). The van der Waals surface area contributed by atoms with Gasteiger partial charge in [0.2, 0.25) is 5.96 Å². The van der Waals surface area contributed by atoms with E-state index in [9.17, 15) is 0 Å². The molecule has 1 aliphatic heterocycles. The quantitative estimate of drug-likeness (QED) is 0.548. The second-order valence-electron chi connectivity index (χ2n) is 5.82. The van der Waals surface area contributed by atoms with E-state index in [1.807, 2.05) is 61.6 Å². The number of fused-ring (bicyclic) bond motifs is 1. The van der Waals surface area contributed by atoms with Gasteiger partial charge in [0.05, 0.1) is 18.2 Å². The second kappa shape index (κ2) is 7.47. The summed E-state index contributed by atoms with van der Waals surface area (Å²) in [4.78, 5) is 4.67. The highest BCUT2D eigenvalue weighted by Crippen LogP contribution is 2.28. The van der Waals surface area contributed by atoms with Gasteiger partial charge < -0.3 is 4.42 Å². The molecule has 3 aromatic rings. The fourth-order valence-electron chi connectivity index (χ4n) is 2.66. The number of benzene rings is 2. The molecule has 1 N–H and O–H groups in total. The topological polar surface area (TPSA) is 65.5 Å². The Labute approximate surface area is 161 Å². The van der Waals surface area contributed by atoms with Gasteiger partial charge in [-0.25, -0.2) is 15.4 Å². The molecule has 0 amide bonds. The molecular formula is C20H16ClN5O. The van der Waals surface area contributed by atoms with Gasteiger partial charge in [-0.15, -0.1) is 0 Å². The average Bonchev–Trinajstić information content (AvgIpc) is 3.16. The van der Waals surface area contributed by atoms with E-state index in [1.165, 1.54) is 0 Å². The largest absolute Gasteiger partial charge is 0.463 e. The van der Waals surface area contributed by atoms with E-state index in [1.54, 1.807) is 23.6 Å². The molecule has 1 aromatic heterocycles. The minimum atomic E-state index is 0.479. The van der Waals surface area contributed by atoms with Gasteiger partial charge in [-0.3, -0.25) is 0 Å². The number of guanidine groups is 1. The molecular weight excluding hydrogens is 362 g/mol. The maximum Gasteiger partial charge on any atom is 0.240 e. The van der Waals surface area contributed by atoms with Crippen LogP contribution in [0.25, 0.3) is 0 Å². The van der Waals surface area contributed by atoms with Crippen LogP contribution < -0.4 is 5.43 Å². The summed E-state index contributed by atoms with van der Waals surface area (Å²) in [7, 11) is 1.81. The molecule has 134 valence electrons. The van der Waals surface area contributed by atoms with Crippen molar-refractivity contribution in [2.24, 2.45) is 15.2 Å². The van der Waals surface area contributed by atoms with Crippen molar-refractivity contribution in [3.63, 3.8) is 0 Å². The number of hydrogen-bond acceptors (Lipinski definition) is 6. The molecule has 0 saturated carbocycles. The molecule has 0 spiro atoms. The Morgan fingerprint density at radius 3 is 2.74 bits per heavy atom. The van der Waals surface area contributed by atoms with Gasteiger partial charge in [0.1, 0.15) is 11.5 Å². The first kappa shape index (κ1) is 17.1. The van der Waals surface area contributed by atoms with Gasteiger partial charge in [-0.05, 0) is 30.3 Å². The highest BCUT2D eigenvalue weighted by Gasteiger charge is 2.19. The number of halogens is 1. The number of hydrazone groups is 2. The molecule has 1 aliphatic rings. The maximum absolute atomic E-state index is 6.23. The Kier molecular flexibility index (Phi) is 4.72. The van der Waals surface area contributed by atoms with E-state index in [0.29, 0.717) is 16.7 Å². The van der Waals surface area contributed by atoms with E-state index >= 15 is 0 Å². The van der Waals surface area contributed by atoms with Crippen molar-refractivity contribution < 1.29 is 4.42 Å². The number of aliphatic imine (C=N–C) groups is 1. The molecule has 0 bridgehead atoms. The minimum Gasteiger partial charge on any atom is -0.463 e. The van der Waals surface area contributed by atoms with Crippen LogP contribution in [0.2, 0.25) is 5.02 Å². The van der Waals surface area contributed by atoms with Crippen LogP contribution in [0.4, 0.5) is 5.69 Å². The standard InChI is InChI=1S/C20H16ClN5O/c1-26-20(24-22-13-16-8-5-11-27-16)23-18-10-9-15(21)12-17(18)19(25-26)14-6-3-2-4-7-14/h2-13H,1H3,(H,23,24)/b22-13+. The lowest BCUT2D eigenvalue weighted by Gasteiger charge is -2.14. The molecule has 0 atom stereocenters. The zero-order chi connectivity index (χ0) is 18.6. The number of furan rings is 1. The number of hydrogen-bond donors (Lipinski definition) is 1. The third-order valence-corrected chi connectivity index (χ3v) is 4.18. The summed E-state index contributed by atoms with van der Waals surface area (Å²) in [5.74, 6) is 1.12. The zero-order valence-corrected chi connectivity index (χ0v) is 15.3. The molecule has 2 heterocycles. The highest BCUT2D eigenvalue weighted by molar-refractivity contribution is 6.31. The molecule has 0 saturated heterocycles. The number of nitrogens with zero attached hydrogens (tertiary/aromatic N) is 4. The van der Waals surface area contributed by atoms with Gasteiger partial charge in [0.25, 0.3) is 0 Å². The Balaban J connectivity index is 1.73. The fraction of sp³-hybridized carbons (Fsp3) is 0.0500. The minimum absolute atomic E-state index is 0.479. The number of rotatable bonds is 3. The van der Waals surface area contributed by atoms with Gasteiger partial charge >= 0.3 is 0 Å². The second-order valence-corrected chi connectivity index (χ2v) is 6.26. The van der Waals surface area contributed by atoms with Gasteiger partial charge in [0, 0.05) is 23.2 Å². The van der Waals surface area contributed by atoms with Crippen LogP contribution in [-0.2, 0) is 0 Å². The lowest BCUT2D eigenvalue weighted by Crippen LogP contribution is -2.32. The molecule has 0 unspecified atom stereocenters. The third kappa shape index (κ3) is 3.75. The third-order valence-electron chi connectivity index (χ3n) is 3.94. The molecule has 0 aliphatic carbocycles. The Morgan fingerprint density at radius 1 is 1.11 bits per heavy atom. The van der Waals surface area contributed by atoms with E-state index in [4.69, 9.17) is 21.1 Å². The van der Waals surface area contributed by atoms with Crippen LogP contribution in [0, 0.1) is 0 Å². The molecule has 0 radical (unpaired) electrons. The lowest BCUT2D eigenvalue weighted by molar-refractivity contribution is 0.522. The first-order valence-electron chi connectivity index (χ1n) is 8.29. The van der Waals surface area contributed by atoms with E-state index in [2.05, 4.69) is 15.5 Å². The summed E-state index contributed by atoms with van der Waals surface area (Å²) >= 11 is 6.23. The number of nitrogens with one attached hydrogen (secondary N) is 1. The van der Waals surface area contributed by atoms with E-state index in [0.717, 1.165) is 22.5 Å². The normalized spacial score (nSPS) is 13.8. The molecule has 7 heteroatoms. The van der Waals surface area contributed by atoms with Crippen molar-refractivity contribution >= 4 is 35.2 Å². The van der Waals surface area contributed by atoms with Crippen molar-refractivity contribution in [3.8, 4) is 0 Å². The summed E-state index contributed by atoms with van der Waals surface area (Å²) in [5, 5.41) is 11.2. The SMILES string of the molecule is CN1N=C(c2ccccc2)c2cc(Cl)ccc2N=C1N/N=C/c1ccco1. The summed E-state index contributed by atoms with van der Waals surface area (Å²) in [6.07, 6.45) is 3.17. The van der Waals surface area contributed by atoms with Crippen LogP contribution in [-0.4, -0.2) is 29.9 Å². The van der Waals surface area contributed by atoms with Crippen molar-refractivity contribution in [2.75, 3.05) is 7.05 Å². The Morgan fingerprint density at radius 2 is 1.96 bits per heavy atom. The van der Waals surface area contributed by atoms with Crippen molar-refractivity contribution in [2.45, 2.75) is 0 Å². The van der Waals surface area contributed by atoms with E-state index in [-0.39, 0.29) is 0 Å². The average molecular weight is 378 g/mol. The Hall–Kier alpha value is -3.38. The predicted octanol–water partition coefficient (Wildman–Crippen LogP) is 4.24. The first-order chi connectivity index (χ1) is 13.2. The van der Waals surface area contributed by atoms with Crippen LogP contribution in [0.15, 0.2) is 86.5 Å². The van der Waals surface area contributed by atoms with Gasteiger partial charge in [-0.1, -0.05) is 41.9 Å². The lowest BCUT2D eigenvalue weighted by atomic mass is 10.0. The molecule has 2 aromatic carbocycles. The summed E-state index contributed by atoms with van der Waals surface area (Å²) < 4.78 is 5.23. The van der Waals surface area contributed by atoms with Crippen LogP contribution in [0.5, 0.6) is 0 Å². The summed E-state index contributed by atoms with van der Waals surface area (Å²) in [6.45, 7) is 0. The van der Waals surface area contributed by atoms with Crippen LogP contribution >= 0.6 is 11.6 Å². The monoisotopic (exact) mass is 377 g/mol. The van der Waals surface area contributed by atoms with Gasteiger partial charge in [0.15, 0.2) is 0 Å². The molecule has 27 heavy (non-hydrogen) atoms. The van der Waals surface area contributed by atoms with Crippen molar-refractivity contribution in [1.82, 2.24) is 10.4 Å². The molecule has 6 nitrogen and oxygen atoms in total. The smallest absolute Gasteiger partial charge is 0.240 e. The zero-order valence-electron chi connectivity index (χ0n) is 14.5. The maximum atomic E-state index is 6.23. The molecule has 0 fully saturated rings. The first-order valence-corrected chi connectivity index (χ1v) is 8.67. The van der Waals surface area contributed by atoms with E-state index < -0.39 is 0 Å². The fourth-order valence-corrected chi connectivity index (χ4v) is 2.83. The van der Waals surface area contributed by atoms with Crippen LogP contribution in [0.1, 0.15) is 16.9 Å². The highest BCUT2D eigenvalue weighted by atomic mass is 35.5. The van der Waals surface area contributed by atoms with Crippen molar-refractivity contribution in [3.05, 3.63) is 88.8 Å². The summed E-state index contributed by atoms with van der Waals surface area (Å²) in [5.41, 5.74) is 6.29. The predicted molar refractivity (Wildman–Crippen MR) is 108 cm³/mol. The van der Waals surface area contributed by atoms with Gasteiger partial charge in [-0.2, -0.15) is 10.2 Å². The summed E-state index contributed by atoms with van der Waals surface area (Å²) in [6, 6.07) is 19.1. The van der Waals surface area contributed by atoms with Crippen molar-refractivity contribution in [1.29, 1.82) is 0 Å².